The standard InChI is InChI=1S/C17H27NO/c1-4-5-6-14-19-17-11-9-16(10-12-17)8-7-13-18-15(2)3/h7-12,15,18H,4-6,13-14H2,1-3H3. The summed E-state index contributed by atoms with van der Waals surface area (Å²) in [7, 11) is 0. The van der Waals surface area contributed by atoms with Gasteiger partial charge in [-0.3, -0.25) is 0 Å². The first-order chi connectivity index (χ1) is 9.22. The Kier molecular flexibility index (Phi) is 7.99. The molecular weight excluding hydrogens is 234 g/mol. The molecule has 0 saturated heterocycles. The molecule has 1 aromatic carbocycles. The van der Waals surface area contributed by atoms with Gasteiger partial charge in [-0.1, -0.05) is 57.9 Å². The van der Waals surface area contributed by atoms with E-state index in [1.165, 1.54) is 18.4 Å². The molecule has 0 amide bonds. The van der Waals surface area contributed by atoms with E-state index in [1.807, 2.05) is 12.1 Å². The molecule has 0 heterocycles. The molecule has 1 aromatic rings. The summed E-state index contributed by atoms with van der Waals surface area (Å²) in [6.45, 7) is 8.24. The highest BCUT2D eigenvalue weighted by atomic mass is 16.5. The molecule has 0 aliphatic heterocycles. The van der Waals surface area contributed by atoms with Gasteiger partial charge in [-0.25, -0.2) is 0 Å². The van der Waals surface area contributed by atoms with Gasteiger partial charge in [0.05, 0.1) is 6.61 Å². The van der Waals surface area contributed by atoms with Gasteiger partial charge in [0.2, 0.25) is 0 Å². The van der Waals surface area contributed by atoms with Crippen LogP contribution in [0, 0.1) is 0 Å². The van der Waals surface area contributed by atoms with E-state index in [0.717, 1.165) is 25.3 Å². The van der Waals surface area contributed by atoms with E-state index in [4.69, 9.17) is 4.74 Å². The predicted octanol–water partition coefficient (Wildman–Crippen LogP) is 4.27. The first-order valence-corrected chi connectivity index (χ1v) is 7.35. The lowest BCUT2D eigenvalue weighted by atomic mass is 10.2. The largest absolute Gasteiger partial charge is 0.494 e. The molecule has 0 spiro atoms. The third kappa shape index (κ3) is 7.68. The van der Waals surface area contributed by atoms with Crippen LogP contribution in [-0.2, 0) is 0 Å². The van der Waals surface area contributed by atoms with Gasteiger partial charge in [-0.2, -0.15) is 0 Å². The second-order valence-corrected chi connectivity index (χ2v) is 5.09. The number of unbranched alkanes of at least 4 members (excludes halogenated alkanes) is 2. The van der Waals surface area contributed by atoms with Crippen LogP contribution in [0.15, 0.2) is 30.3 Å². The lowest BCUT2D eigenvalue weighted by molar-refractivity contribution is 0.306. The SMILES string of the molecule is CCCCCOc1ccc(C=CCNC(C)C)cc1. The number of hydrogen-bond acceptors (Lipinski definition) is 2. The van der Waals surface area contributed by atoms with Crippen molar-refractivity contribution in [2.75, 3.05) is 13.2 Å². The molecule has 0 bridgehead atoms. The van der Waals surface area contributed by atoms with Crippen molar-refractivity contribution >= 4 is 6.08 Å². The first-order valence-electron chi connectivity index (χ1n) is 7.35. The first kappa shape index (κ1) is 15.8. The van der Waals surface area contributed by atoms with Crippen molar-refractivity contribution in [2.45, 2.75) is 46.1 Å². The highest BCUT2D eigenvalue weighted by Crippen LogP contribution is 2.13. The van der Waals surface area contributed by atoms with Gasteiger partial charge < -0.3 is 10.1 Å². The summed E-state index contributed by atoms with van der Waals surface area (Å²) in [5.74, 6) is 0.966. The smallest absolute Gasteiger partial charge is 0.119 e. The van der Waals surface area contributed by atoms with E-state index in [-0.39, 0.29) is 0 Å². The summed E-state index contributed by atoms with van der Waals surface area (Å²) < 4.78 is 5.68. The Balaban J connectivity index is 2.30. The number of nitrogens with one attached hydrogen (secondary N) is 1. The van der Waals surface area contributed by atoms with Crippen molar-refractivity contribution in [3.05, 3.63) is 35.9 Å². The molecule has 0 saturated carbocycles. The molecule has 0 radical (unpaired) electrons. The molecule has 1 rings (SSSR count). The zero-order chi connectivity index (χ0) is 13.9. The van der Waals surface area contributed by atoms with E-state index in [2.05, 4.69) is 50.4 Å². The quantitative estimate of drug-likeness (QED) is 0.670. The Morgan fingerprint density at radius 3 is 2.53 bits per heavy atom. The van der Waals surface area contributed by atoms with Gasteiger partial charge in [0.1, 0.15) is 5.75 Å². The molecule has 0 aromatic heterocycles. The van der Waals surface area contributed by atoms with Crippen LogP contribution in [0.4, 0.5) is 0 Å². The molecule has 19 heavy (non-hydrogen) atoms. The maximum Gasteiger partial charge on any atom is 0.119 e. The van der Waals surface area contributed by atoms with Gasteiger partial charge in [-0.15, -0.1) is 0 Å². The minimum absolute atomic E-state index is 0.531. The van der Waals surface area contributed by atoms with Gasteiger partial charge in [0.25, 0.3) is 0 Å². The van der Waals surface area contributed by atoms with Gasteiger partial charge in [-0.05, 0) is 24.1 Å². The van der Waals surface area contributed by atoms with Crippen molar-refractivity contribution in [2.24, 2.45) is 0 Å². The topological polar surface area (TPSA) is 21.3 Å². The highest BCUT2D eigenvalue weighted by molar-refractivity contribution is 5.50. The molecule has 106 valence electrons. The van der Waals surface area contributed by atoms with Crippen molar-refractivity contribution in [3.8, 4) is 5.75 Å². The Morgan fingerprint density at radius 2 is 1.89 bits per heavy atom. The van der Waals surface area contributed by atoms with Crippen LogP contribution >= 0.6 is 0 Å². The summed E-state index contributed by atoms with van der Waals surface area (Å²) in [6.07, 6.45) is 7.90. The lowest BCUT2D eigenvalue weighted by Crippen LogP contribution is -2.22. The summed E-state index contributed by atoms with van der Waals surface area (Å²) in [6, 6.07) is 8.81. The molecule has 0 aliphatic rings. The van der Waals surface area contributed by atoms with E-state index in [1.54, 1.807) is 0 Å². The van der Waals surface area contributed by atoms with E-state index in [9.17, 15) is 0 Å². The van der Waals surface area contributed by atoms with E-state index >= 15 is 0 Å². The normalized spacial score (nSPS) is 11.4. The van der Waals surface area contributed by atoms with E-state index < -0.39 is 0 Å². The predicted molar refractivity (Wildman–Crippen MR) is 83.6 cm³/mol. The molecule has 2 nitrogen and oxygen atoms in total. The number of hydrogen-bond donors (Lipinski definition) is 1. The highest BCUT2D eigenvalue weighted by Gasteiger charge is 1.94. The zero-order valence-corrected chi connectivity index (χ0v) is 12.5. The number of ether oxygens (including phenoxy) is 1. The lowest BCUT2D eigenvalue weighted by Gasteiger charge is -2.06. The fourth-order valence-electron chi connectivity index (χ4n) is 1.72. The third-order valence-electron chi connectivity index (χ3n) is 2.85. The van der Waals surface area contributed by atoms with Crippen LogP contribution in [0.1, 0.15) is 45.6 Å². The molecule has 0 unspecified atom stereocenters. The van der Waals surface area contributed by atoms with Crippen molar-refractivity contribution < 1.29 is 4.74 Å². The maximum absolute atomic E-state index is 5.68. The van der Waals surface area contributed by atoms with Crippen LogP contribution in [0.5, 0.6) is 5.75 Å². The van der Waals surface area contributed by atoms with Crippen LogP contribution < -0.4 is 10.1 Å². The van der Waals surface area contributed by atoms with Crippen LogP contribution in [0.25, 0.3) is 6.08 Å². The Hall–Kier alpha value is -1.28. The molecule has 0 fully saturated rings. The van der Waals surface area contributed by atoms with Crippen LogP contribution in [-0.4, -0.2) is 19.2 Å². The fourth-order valence-corrected chi connectivity index (χ4v) is 1.72. The Morgan fingerprint density at radius 1 is 1.16 bits per heavy atom. The van der Waals surface area contributed by atoms with E-state index in [0.29, 0.717) is 6.04 Å². The summed E-state index contributed by atoms with van der Waals surface area (Å²) in [5, 5.41) is 3.36. The van der Waals surface area contributed by atoms with Crippen LogP contribution in [0.3, 0.4) is 0 Å². The van der Waals surface area contributed by atoms with Gasteiger partial charge >= 0.3 is 0 Å². The van der Waals surface area contributed by atoms with Gasteiger partial charge in [0.15, 0.2) is 0 Å². The molecule has 0 aliphatic carbocycles. The van der Waals surface area contributed by atoms with Gasteiger partial charge in [0, 0.05) is 12.6 Å². The minimum atomic E-state index is 0.531. The summed E-state index contributed by atoms with van der Waals surface area (Å²) >= 11 is 0. The van der Waals surface area contributed by atoms with Crippen molar-refractivity contribution in [1.82, 2.24) is 5.32 Å². The monoisotopic (exact) mass is 261 g/mol. The fraction of sp³-hybridized carbons (Fsp3) is 0.529. The average Bonchev–Trinajstić information content (AvgIpc) is 2.41. The third-order valence-corrected chi connectivity index (χ3v) is 2.85. The molecule has 2 heteroatoms. The molecule has 0 atom stereocenters. The maximum atomic E-state index is 5.68. The summed E-state index contributed by atoms with van der Waals surface area (Å²) in [5.41, 5.74) is 1.21. The minimum Gasteiger partial charge on any atom is -0.494 e. The zero-order valence-electron chi connectivity index (χ0n) is 12.5. The summed E-state index contributed by atoms with van der Waals surface area (Å²) in [4.78, 5) is 0. The molecule has 1 N–H and O–H groups in total. The number of rotatable bonds is 9. The Bertz CT molecular complexity index is 354. The van der Waals surface area contributed by atoms with Crippen molar-refractivity contribution in [3.63, 3.8) is 0 Å². The molecular formula is C17H27NO. The second kappa shape index (κ2) is 9.62. The number of benzene rings is 1. The second-order valence-electron chi connectivity index (χ2n) is 5.09. The van der Waals surface area contributed by atoms with Crippen molar-refractivity contribution in [1.29, 1.82) is 0 Å². The Labute approximate surface area is 117 Å². The average molecular weight is 261 g/mol. The van der Waals surface area contributed by atoms with Crippen LogP contribution in [0.2, 0.25) is 0 Å².